The van der Waals surface area contributed by atoms with Crippen LogP contribution < -0.4 is 15.0 Å². The third kappa shape index (κ3) is 4.11. The van der Waals surface area contributed by atoms with Crippen LogP contribution in [0.3, 0.4) is 0 Å². The van der Waals surface area contributed by atoms with E-state index in [9.17, 15) is 4.79 Å². The topological polar surface area (TPSA) is 44.8 Å². The van der Waals surface area contributed by atoms with E-state index in [1.54, 1.807) is 30.2 Å². The Morgan fingerprint density at radius 1 is 1.04 bits per heavy atom. The number of amides is 2. The highest BCUT2D eigenvalue weighted by Gasteiger charge is 2.22. The van der Waals surface area contributed by atoms with Crippen molar-refractivity contribution in [3.8, 4) is 5.75 Å². The molecule has 1 N–H and O–H groups in total. The number of carbonyl (C=O) groups excluding carboxylic acids is 1. The van der Waals surface area contributed by atoms with Gasteiger partial charge in [-0.15, -0.1) is 0 Å². The van der Waals surface area contributed by atoms with Gasteiger partial charge in [-0.3, -0.25) is 0 Å². The highest BCUT2D eigenvalue weighted by molar-refractivity contribution is 6.33. The van der Waals surface area contributed by atoms with Crippen LogP contribution in [-0.2, 0) is 0 Å². The molecule has 1 heterocycles. The van der Waals surface area contributed by atoms with Gasteiger partial charge in [0.1, 0.15) is 5.75 Å². The zero-order valence-corrected chi connectivity index (χ0v) is 15.3. The first-order chi connectivity index (χ1) is 12.1. The molecule has 0 spiro atoms. The van der Waals surface area contributed by atoms with Crippen LogP contribution in [0.15, 0.2) is 42.5 Å². The maximum atomic E-state index is 12.4. The van der Waals surface area contributed by atoms with Crippen LogP contribution in [0.2, 0.25) is 10.0 Å². The van der Waals surface area contributed by atoms with Gasteiger partial charge in [-0.25, -0.2) is 4.79 Å². The van der Waals surface area contributed by atoms with Crippen molar-refractivity contribution < 1.29 is 9.53 Å². The molecule has 1 aliphatic rings. The highest BCUT2D eigenvalue weighted by atomic mass is 35.5. The third-order valence-corrected chi connectivity index (χ3v) is 4.78. The lowest BCUT2D eigenvalue weighted by Crippen LogP contribution is -2.50. The van der Waals surface area contributed by atoms with E-state index >= 15 is 0 Å². The zero-order valence-electron chi connectivity index (χ0n) is 13.8. The van der Waals surface area contributed by atoms with Gasteiger partial charge >= 0.3 is 6.03 Å². The fraction of sp³-hybridized carbons (Fsp3) is 0.278. The molecular weight excluding hydrogens is 361 g/mol. The van der Waals surface area contributed by atoms with Gasteiger partial charge < -0.3 is 19.9 Å². The Bertz CT molecular complexity index is 762. The van der Waals surface area contributed by atoms with Gasteiger partial charge in [0.05, 0.1) is 22.8 Å². The van der Waals surface area contributed by atoms with Crippen LogP contribution in [0.4, 0.5) is 16.2 Å². The van der Waals surface area contributed by atoms with E-state index < -0.39 is 0 Å². The Morgan fingerprint density at radius 3 is 2.40 bits per heavy atom. The van der Waals surface area contributed by atoms with E-state index in [2.05, 4.69) is 10.2 Å². The number of anilines is 2. The normalized spacial score (nSPS) is 14.4. The monoisotopic (exact) mass is 379 g/mol. The molecule has 1 saturated heterocycles. The van der Waals surface area contributed by atoms with Crippen LogP contribution in [0.25, 0.3) is 0 Å². The molecule has 0 saturated carbocycles. The Kier molecular flexibility index (Phi) is 5.56. The number of methoxy groups -OCH3 is 1. The molecule has 1 aliphatic heterocycles. The number of rotatable bonds is 3. The van der Waals surface area contributed by atoms with E-state index in [0.717, 1.165) is 23.8 Å². The minimum Gasteiger partial charge on any atom is -0.495 e. The van der Waals surface area contributed by atoms with E-state index in [4.69, 9.17) is 27.9 Å². The predicted molar refractivity (Wildman–Crippen MR) is 102 cm³/mol. The number of halogens is 2. The van der Waals surface area contributed by atoms with Gasteiger partial charge in [-0.05, 0) is 30.3 Å². The molecule has 2 aromatic rings. The number of nitrogens with one attached hydrogen (secondary N) is 1. The number of urea groups is 1. The molecule has 3 rings (SSSR count). The van der Waals surface area contributed by atoms with Crippen molar-refractivity contribution in [3.63, 3.8) is 0 Å². The van der Waals surface area contributed by atoms with Gasteiger partial charge in [0.25, 0.3) is 0 Å². The van der Waals surface area contributed by atoms with Crippen molar-refractivity contribution in [2.45, 2.75) is 0 Å². The predicted octanol–water partition coefficient (Wildman–Crippen LogP) is 4.36. The molecule has 2 aromatic carbocycles. The Morgan fingerprint density at radius 2 is 1.76 bits per heavy atom. The molecule has 0 radical (unpaired) electrons. The number of piperazine rings is 1. The van der Waals surface area contributed by atoms with Crippen molar-refractivity contribution in [2.24, 2.45) is 0 Å². The standard InChI is InChI=1S/C18H19Cl2N3O2/c1-25-17-7-6-13(12-15(17)20)21-18(24)23-10-8-22(9-11-23)16-5-3-2-4-14(16)19/h2-7,12H,8-11H2,1H3,(H,21,24). The lowest BCUT2D eigenvalue weighted by atomic mass is 10.2. The fourth-order valence-corrected chi connectivity index (χ4v) is 3.32. The van der Waals surface area contributed by atoms with Crippen molar-refractivity contribution in [1.29, 1.82) is 0 Å². The third-order valence-electron chi connectivity index (χ3n) is 4.16. The number of hydrogen-bond donors (Lipinski definition) is 1. The summed E-state index contributed by atoms with van der Waals surface area (Å²) in [5, 5.41) is 4.06. The van der Waals surface area contributed by atoms with Crippen molar-refractivity contribution in [3.05, 3.63) is 52.5 Å². The summed E-state index contributed by atoms with van der Waals surface area (Å²) in [4.78, 5) is 16.4. The summed E-state index contributed by atoms with van der Waals surface area (Å²) in [6, 6.07) is 12.8. The lowest BCUT2D eigenvalue weighted by Gasteiger charge is -2.36. The first kappa shape index (κ1) is 17.7. The number of benzene rings is 2. The Hall–Kier alpha value is -2.11. The molecular formula is C18H19Cl2N3O2. The summed E-state index contributed by atoms with van der Waals surface area (Å²) >= 11 is 12.3. The average molecular weight is 380 g/mol. The smallest absolute Gasteiger partial charge is 0.321 e. The lowest BCUT2D eigenvalue weighted by molar-refractivity contribution is 0.208. The van der Waals surface area contributed by atoms with Gasteiger partial charge in [-0.2, -0.15) is 0 Å². The maximum Gasteiger partial charge on any atom is 0.321 e. The van der Waals surface area contributed by atoms with Crippen molar-refractivity contribution >= 4 is 40.6 Å². The van der Waals surface area contributed by atoms with Gasteiger partial charge in [-0.1, -0.05) is 35.3 Å². The van der Waals surface area contributed by atoms with Crippen LogP contribution in [0.1, 0.15) is 0 Å². The van der Waals surface area contributed by atoms with Gasteiger partial charge in [0, 0.05) is 31.9 Å². The molecule has 7 heteroatoms. The van der Waals surface area contributed by atoms with E-state index in [1.807, 2.05) is 24.3 Å². The Labute approximate surface area is 157 Å². The van der Waals surface area contributed by atoms with Gasteiger partial charge in [0.2, 0.25) is 0 Å². The first-order valence-electron chi connectivity index (χ1n) is 7.97. The van der Waals surface area contributed by atoms with E-state index in [0.29, 0.717) is 29.5 Å². The summed E-state index contributed by atoms with van der Waals surface area (Å²) in [7, 11) is 1.55. The fourth-order valence-electron chi connectivity index (χ4n) is 2.81. The molecule has 132 valence electrons. The largest absolute Gasteiger partial charge is 0.495 e. The average Bonchev–Trinajstić information content (AvgIpc) is 2.62. The Balaban J connectivity index is 1.58. The molecule has 1 fully saturated rings. The second-order valence-corrected chi connectivity index (χ2v) is 6.52. The molecule has 5 nitrogen and oxygen atoms in total. The van der Waals surface area contributed by atoms with Crippen LogP contribution in [0, 0.1) is 0 Å². The number of ether oxygens (including phenoxy) is 1. The SMILES string of the molecule is COc1ccc(NC(=O)N2CCN(c3ccccc3Cl)CC2)cc1Cl. The molecule has 0 aromatic heterocycles. The van der Waals surface area contributed by atoms with Crippen LogP contribution >= 0.6 is 23.2 Å². The minimum absolute atomic E-state index is 0.139. The molecule has 0 unspecified atom stereocenters. The molecule has 0 bridgehead atoms. The quantitative estimate of drug-likeness (QED) is 0.861. The van der Waals surface area contributed by atoms with E-state index in [-0.39, 0.29) is 6.03 Å². The molecule has 0 atom stereocenters. The maximum absolute atomic E-state index is 12.4. The zero-order chi connectivity index (χ0) is 17.8. The number of carbonyl (C=O) groups is 1. The number of para-hydroxylation sites is 1. The molecule has 25 heavy (non-hydrogen) atoms. The second-order valence-electron chi connectivity index (χ2n) is 5.70. The second kappa shape index (κ2) is 7.85. The summed E-state index contributed by atoms with van der Waals surface area (Å²) in [5.74, 6) is 0.577. The summed E-state index contributed by atoms with van der Waals surface area (Å²) in [5.41, 5.74) is 1.65. The van der Waals surface area contributed by atoms with Crippen LogP contribution in [-0.4, -0.2) is 44.2 Å². The minimum atomic E-state index is -0.139. The van der Waals surface area contributed by atoms with Crippen LogP contribution in [0.5, 0.6) is 5.75 Å². The summed E-state index contributed by atoms with van der Waals surface area (Å²) < 4.78 is 5.11. The summed E-state index contributed by atoms with van der Waals surface area (Å²) in [6.45, 7) is 2.73. The van der Waals surface area contributed by atoms with Crippen molar-refractivity contribution in [2.75, 3.05) is 43.5 Å². The number of nitrogens with zero attached hydrogens (tertiary/aromatic N) is 2. The van der Waals surface area contributed by atoms with E-state index in [1.165, 1.54) is 0 Å². The molecule has 0 aliphatic carbocycles. The first-order valence-corrected chi connectivity index (χ1v) is 8.73. The van der Waals surface area contributed by atoms with Crippen molar-refractivity contribution in [1.82, 2.24) is 4.90 Å². The summed E-state index contributed by atoms with van der Waals surface area (Å²) in [6.07, 6.45) is 0. The highest BCUT2D eigenvalue weighted by Crippen LogP contribution is 2.28. The van der Waals surface area contributed by atoms with Gasteiger partial charge in [0.15, 0.2) is 0 Å². The number of hydrogen-bond acceptors (Lipinski definition) is 3. The molecule has 2 amide bonds.